The van der Waals surface area contributed by atoms with E-state index in [4.69, 9.17) is 5.73 Å². The van der Waals surface area contributed by atoms with Crippen molar-refractivity contribution in [2.24, 2.45) is 5.73 Å². The summed E-state index contributed by atoms with van der Waals surface area (Å²) in [5.74, 6) is -0.214. The highest BCUT2D eigenvalue weighted by atomic mass is 16.7. The Morgan fingerprint density at radius 2 is 2.06 bits per heavy atom. The zero-order valence-corrected chi connectivity index (χ0v) is 9.47. The summed E-state index contributed by atoms with van der Waals surface area (Å²) in [6.07, 6.45) is -0.586. The minimum Gasteiger partial charge on any atom is -0.453 e. The highest BCUT2D eigenvalue weighted by molar-refractivity contribution is 5.84. The lowest BCUT2D eigenvalue weighted by molar-refractivity contribution is -0.536. The number of nitrogens with two attached hydrogens (primary N) is 1. The van der Waals surface area contributed by atoms with Gasteiger partial charge in [-0.2, -0.15) is 0 Å². The fourth-order valence-corrected chi connectivity index (χ4v) is 1.09. The van der Waals surface area contributed by atoms with Crippen molar-refractivity contribution in [2.75, 3.05) is 12.4 Å². The zero-order chi connectivity index (χ0) is 13.5. The molecule has 0 aliphatic rings. The van der Waals surface area contributed by atoms with Gasteiger partial charge in [0.25, 0.3) is 0 Å². The largest absolute Gasteiger partial charge is 0.453 e. The third-order valence-corrected chi connectivity index (χ3v) is 1.81. The molecule has 0 saturated heterocycles. The molecule has 0 fully saturated rings. The number of carbonyl (C=O) groups excluding carboxylic acids is 1. The number of nitro groups is 1. The highest BCUT2D eigenvalue weighted by Crippen LogP contribution is 2.09. The van der Waals surface area contributed by atoms with Crippen LogP contribution in [0.5, 0.6) is 0 Å². The zero-order valence-electron chi connectivity index (χ0n) is 9.47. The summed E-state index contributed by atoms with van der Waals surface area (Å²) in [5.41, 5.74) is 8.12. The van der Waals surface area contributed by atoms with E-state index in [1.807, 2.05) is 0 Å². The molecule has 0 bridgehead atoms. The van der Waals surface area contributed by atoms with E-state index in [1.54, 1.807) is 29.7 Å². The van der Waals surface area contributed by atoms with Crippen LogP contribution in [0.1, 0.15) is 0 Å². The molecule has 0 aliphatic heterocycles. The Morgan fingerprint density at radius 3 is 2.56 bits per heavy atom. The molecule has 0 saturated carbocycles. The maximum absolute atomic E-state index is 10.9. The van der Waals surface area contributed by atoms with E-state index in [0.29, 0.717) is 11.4 Å². The van der Waals surface area contributed by atoms with Gasteiger partial charge in [0.05, 0.1) is 12.8 Å². The fraction of sp³-hybridized carbons (Fsp3) is 0.111. The second-order valence-electron chi connectivity index (χ2n) is 3.10. The molecule has 0 radical (unpaired) electrons. The van der Waals surface area contributed by atoms with Crippen molar-refractivity contribution in [2.45, 2.75) is 0 Å². The van der Waals surface area contributed by atoms with Crippen LogP contribution >= 0.6 is 0 Å². The first kappa shape index (κ1) is 13.2. The molecule has 0 aromatic heterocycles. The van der Waals surface area contributed by atoms with Crippen molar-refractivity contribution < 1.29 is 19.6 Å². The maximum atomic E-state index is 10.9. The van der Waals surface area contributed by atoms with Gasteiger partial charge in [0, 0.05) is 11.1 Å². The number of hydrazine groups is 1. The van der Waals surface area contributed by atoms with E-state index in [9.17, 15) is 14.9 Å². The van der Waals surface area contributed by atoms with Gasteiger partial charge in [0.2, 0.25) is 5.03 Å². The number of benzene rings is 1. The quantitative estimate of drug-likeness (QED) is 0.228. The Labute approximate surface area is 102 Å². The lowest BCUT2D eigenvalue weighted by atomic mass is 10.3. The first-order valence-corrected chi connectivity index (χ1v) is 4.77. The van der Waals surface area contributed by atoms with Crippen LogP contribution in [0.15, 0.2) is 24.3 Å². The van der Waals surface area contributed by atoms with E-state index in [1.165, 1.54) is 7.11 Å². The summed E-state index contributed by atoms with van der Waals surface area (Å²) in [4.78, 5) is 23.6. The monoisotopic (exact) mass is 254 g/mol. The minimum atomic E-state index is -0.782. The second-order valence-corrected chi connectivity index (χ2v) is 3.10. The van der Waals surface area contributed by atoms with Crippen LogP contribution < -0.4 is 21.5 Å². The maximum Gasteiger partial charge on any atom is 0.411 e. The molecule has 96 valence electrons. The van der Waals surface area contributed by atoms with Crippen LogP contribution in [0.2, 0.25) is 0 Å². The topological polar surface area (TPSA) is 133 Å². The Morgan fingerprint density at radius 1 is 1.44 bits per heavy atom. The van der Waals surface area contributed by atoms with Crippen molar-refractivity contribution in [3.63, 3.8) is 0 Å². The van der Waals surface area contributed by atoms with Crippen LogP contribution in [0.3, 0.4) is 0 Å². The van der Waals surface area contributed by atoms with E-state index in [0.717, 1.165) is 0 Å². The van der Waals surface area contributed by atoms with Gasteiger partial charge in [-0.25, -0.2) is 19.9 Å². The van der Waals surface area contributed by atoms with Crippen LogP contribution in [-0.2, 0) is 4.74 Å². The molecule has 0 spiro atoms. The van der Waals surface area contributed by atoms with Gasteiger partial charge in [-0.3, -0.25) is 11.1 Å². The van der Waals surface area contributed by atoms with Crippen molar-refractivity contribution in [3.8, 4) is 0 Å². The normalized spacial score (nSPS) is 10.6. The Bertz CT molecular complexity index is 470. The molecule has 1 amide bonds. The number of ether oxygens (including phenoxy) is 1. The first-order valence-electron chi connectivity index (χ1n) is 4.77. The van der Waals surface area contributed by atoms with Gasteiger partial charge in [0.15, 0.2) is 0 Å². The number of nitrogens with zero attached hydrogens (tertiary/aromatic N) is 1. The third-order valence-electron chi connectivity index (χ3n) is 1.81. The summed E-state index contributed by atoms with van der Waals surface area (Å²) in [5, 5.41) is 11.8. The number of nitrogens with one attached hydrogen (secondary N) is 3. The SMILES string of the molecule is COC(=O)Nc1ccc([NH+]=C(N)N[N+](=O)[O-])cc1. The predicted molar refractivity (Wildman–Crippen MR) is 62.4 cm³/mol. The summed E-state index contributed by atoms with van der Waals surface area (Å²) in [6.45, 7) is 0. The fourth-order valence-electron chi connectivity index (χ4n) is 1.09. The van der Waals surface area contributed by atoms with E-state index < -0.39 is 11.1 Å². The van der Waals surface area contributed by atoms with Gasteiger partial charge in [-0.1, -0.05) is 0 Å². The standard InChI is InChI=1S/C9H11N5O4/c1-18-9(15)12-7-4-2-6(3-5-7)11-8(10)13-14(16)17/h2-5H,1H3,(H,12,15)(H3,10,11,13)/p+1. The Hall–Kier alpha value is -2.84. The molecule has 0 unspecified atom stereocenters. The first-order chi connectivity index (χ1) is 8.51. The van der Waals surface area contributed by atoms with Crippen molar-refractivity contribution >= 4 is 23.4 Å². The second kappa shape index (κ2) is 6.03. The van der Waals surface area contributed by atoms with Crippen LogP contribution in [0.4, 0.5) is 16.2 Å². The molecule has 1 aromatic rings. The van der Waals surface area contributed by atoms with Gasteiger partial charge in [0.1, 0.15) is 0 Å². The lowest BCUT2D eigenvalue weighted by Crippen LogP contribution is -2.74. The highest BCUT2D eigenvalue weighted by Gasteiger charge is 2.07. The van der Waals surface area contributed by atoms with Gasteiger partial charge in [-0.15, -0.1) is 0 Å². The number of carbonyl (C=O) groups is 1. The Balaban J connectivity index is 2.71. The number of hydrogen-bond donors (Lipinski definition) is 4. The summed E-state index contributed by atoms with van der Waals surface area (Å²) >= 11 is 0. The number of guanidine groups is 1. The number of hydrogen-bond acceptors (Lipinski definition) is 4. The van der Waals surface area contributed by atoms with Gasteiger partial charge >= 0.3 is 12.1 Å². The molecular formula is C9H12N5O4+. The summed E-state index contributed by atoms with van der Waals surface area (Å²) in [6, 6.07) is 6.33. The molecule has 1 rings (SSSR count). The number of methoxy groups -OCH3 is 1. The average Bonchev–Trinajstić information content (AvgIpc) is 2.30. The number of rotatable bonds is 3. The van der Waals surface area contributed by atoms with Crippen LogP contribution in [0, 0.1) is 10.1 Å². The molecule has 5 N–H and O–H groups in total. The van der Waals surface area contributed by atoms with Crippen molar-refractivity contribution in [1.82, 2.24) is 5.43 Å². The minimum absolute atomic E-state index is 0.214. The van der Waals surface area contributed by atoms with E-state index >= 15 is 0 Å². The molecule has 1 aromatic carbocycles. The number of amides is 1. The van der Waals surface area contributed by atoms with E-state index in [-0.39, 0.29) is 5.96 Å². The van der Waals surface area contributed by atoms with Gasteiger partial charge in [-0.05, 0) is 24.3 Å². The molecule has 0 aliphatic carbocycles. The van der Waals surface area contributed by atoms with Crippen LogP contribution in [-0.4, -0.2) is 24.2 Å². The molecule has 0 heterocycles. The predicted octanol–water partition coefficient (Wildman–Crippen LogP) is -1.33. The van der Waals surface area contributed by atoms with Crippen LogP contribution in [0.25, 0.3) is 0 Å². The number of anilines is 1. The summed E-state index contributed by atoms with van der Waals surface area (Å²) in [7, 11) is 1.25. The van der Waals surface area contributed by atoms with Crippen molar-refractivity contribution in [3.05, 3.63) is 34.4 Å². The molecule has 9 heteroatoms. The molecular weight excluding hydrogens is 242 g/mol. The Kier molecular flexibility index (Phi) is 4.43. The lowest BCUT2D eigenvalue weighted by Gasteiger charge is -2.02. The smallest absolute Gasteiger partial charge is 0.411 e. The molecule has 0 atom stereocenters. The molecule has 9 nitrogen and oxygen atoms in total. The molecule has 18 heavy (non-hydrogen) atoms. The average molecular weight is 254 g/mol. The van der Waals surface area contributed by atoms with E-state index in [2.05, 4.69) is 15.0 Å². The third kappa shape index (κ3) is 4.35. The summed E-state index contributed by atoms with van der Waals surface area (Å²) < 4.78 is 4.42. The van der Waals surface area contributed by atoms with Gasteiger partial charge < -0.3 is 4.74 Å². The van der Waals surface area contributed by atoms with Crippen molar-refractivity contribution in [1.29, 1.82) is 0 Å².